The lowest BCUT2D eigenvalue weighted by atomic mass is 10.0. The van der Waals surface area contributed by atoms with Gasteiger partial charge in [-0.2, -0.15) is 0 Å². The Morgan fingerprint density at radius 1 is 0.944 bits per heavy atom. The summed E-state index contributed by atoms with van der Waals surface area (Å²) in [4.78, 5) is 0. The minimum atomic E-state index is -1.02. The summed E-state index contributed by atoms with van der Waals surface area (Å²) in [6, 6.07) is 8.23. The fourth-order valence-corrected chi connectivity index (χ4v) is 2.45. The first-order valence-electron chi connectivity index (χ1n) is 5.07. The van der Waals surface area contributed by atoms with E-state index in [0.717, 1.165) is 0 Å². The zero-order chi connectivity index (χ0) is 13.3. The molecule has 18 heavy (non-hydrogen) atoms. The standard InChI is InChI=1S/C13H8Br2F2O/c14-10-3-2-8(16)6-9(10)13(18)7-1-4-12(17)11(15)5-7/h1-6,13,18H. The molecule has 0 saturated heterocycles. The van der Waals surface area contributed by atoms with Crippen LogP contribution < -0.4 is 0 Å². The molecule has 1 atom stereocenters. The molecule has 0 aliphatic carbocycles. The number of halogens is 4. The fraction of sp³-hybridized carbons (Fsp3) is 0.0769. The molecule has 0 fully saturated rings. The van der Waals surface area contributed by atoms with Crippen LogP contribution in [0.3, 0.4) is 0 Å². The number of rotatable bonds is 2. The molecule has 0 aliphatic heterocycles. The Hall–Kier alpha value is -0.780. The number of hydrogen-bond acceptors (Lipinski definition) is 1. The monoisotopic (exact) mass is 376 g/mol. The minimum absolute atomic E-state index is 0.256. The van der Waals surface area contributed by atoms with Gasteiger partial charge in [-0.1, -0.05) is 22.0 Å². The van der Waals surface area contributed by atoms with E-state index in [1.54, 1.807) is 0 Å². The van der Waals surface area contributed by atoms with Gasteiger partial charge in [0.2, 0.25) is 0 Å². The first kappa shape index (κ1) is 13.6. The molecule has 0 heterocycles. The Morgan fingerprint density at radius 3 is 2.33 bits per heavy atom. The van der Waals surface area contributed by atoms with Crippen molar-refractivity contribution in [2.24, 2.45) is 0 Å². The molecule has 2 aromatic rings. The van der Waals surface area contributed by atoms with Crippen molar-refractivity contribution in [3.05, 3.63) is 68.1 Å². The quantitative estimate of drug-likeness (QED) is 0.812. The smallest absolute Gasteiger partial charge is 0.137 e. The zero-order valence-electron chi connectivity index (χ0n) is 9.00. The molecule has 0 amide bonds. The maximum absolute atomic E-state index is 13.2. The van der Waals surface area contributed by atoms with Gasteiger partial charge in [0.05, 0.1) is 4.47 Å². The molecule has 0 radical (unpaired) electrons. The molecular weight excluding hydrogens is 370 g/mol. The van der Waals surface area contributed by atoms with Gasteiger partial charge in [-0.25, -0.2) is 8.78 Å². The summed E-state index contributed by atoms with van der Waals surface area (Å²) < 4.78 is 27.1. The average molecular weight is 378 g/mol. The van der Waals surface area contributed by atoms with Crippen LogP contribution in [-0.2, 0) is 0 Å². The summed E-state index contributed by atoms with van der Waals surface area (Å²) in [6.45, 7) is 0. The number of hydrogen-bond donors (Lipinski definition) is 1. The Kier molecular flexibility index (Phi) is 4.14. The van der Waals surface area contributed by atoms with Crippen LogP contribution in [0.25, 0.3) is 0 Å². The largest absolute Gasteiger partial charge is 0.384 e. The number of benzene rings is 2. The van der Waals surface area contributed by atoms with Gasteiger partial charge in [0.15, 0.2) is 0 Å². The van der Waals surface area contributed by atoms with E-state index in [9.17, 15) is 13.9 Å². The van der Waals surface area contributed by atoms with Crippen LogP contribution in [0.2, 0.25) is 0 Å². The van der Waals surface area contributed by atoms with E-state index in [-0.39, 0.29) is 4.47 Å². The van der Waals surface area contributed by atoms with Crippen molar-refractivity contribution in [2.75, 3.05) is 0 Å². The second-order valence-electron chi connectivity index (χ2n) is 3.74. The third-order valence-corrected chi connectivity index (χ3v) is 3.84. The van der Waals surface area contributed by atoms with Gasteiger partial charge in [0.25, 0.3) is 0 Å². The molecule has 0 aliphatic rings. The predicted octanol–water partition coefficient (Wildman–Crippen LogP) is 4.57. The van der Waals surface area contributed by atoms with Gasteiger partial charge < -0.3 is 5.11 Å². The van der Waals surface area contributed by atoms with E-state index in [1.807, 2.05) is 0 Å². The predicted molar refractivity (Wildman–Crippen MR) is 72.3 cm³/mol. The summed E-state index contributed by atoms with van der Waals surface area (Å²) >= 11 is 6.30. The summed E-state index contributed by atoms with van der Waals surface area (Å²) in [5.74, 6) is -0.849. The topological polar surface area (TPSA) is 20.2 Å². The lowest BCUT2D eigenvalue weighted by molar-refractivity contribution is 0.219. The Labute approximate surface area is 120 Å². The molecule has 0 spiro atoms. The van der Waals surface area contributed by atoms with E-state index in [4.69, 9.17) is 0 Å². The Balaban J connectivity index is 2.44. The van der Waals surface area contributed by atoms with E-state index in [2.05, 4.69) is 31.9 Å². The van der Waals surface area contributed by atoms with Crippen LogP contribution in [0, 0.1) is 11.6 Å². The number of aliphatic hydroxyl groups is 1. The first-order valence-corrected chi connectivity index (χ1v) is 6.65. The minimum Gasteiger partial charge on any atom is -0.384 e. The molecule has 0 saturated carbocycles. The van der Waals surface area contributed by atoms with E-state index in [0.29, 0.717) is 15.6 Å². The molecule has 2 rings (SSSR count). The molecule has 1 N–H and O–H groups in total. The molecule has 2 aromatic carbocycles. The SMILES string of the molecule is OC(c1ccc(F)c(Br)c1)c1cc(F)ccc1Br. The van der Waals surface area contributed by atoms with Crippen LogP contribution in [0.1, 0.15) is 17.2 Å². The van der Waals surface area contributed by atoms with Crippen molar-refractivity contribution >= 4 is 31.9 Å². The Morgan fingerprint density at radius 2 is 1.67 bits per heavy atom. The number of aliphatic hydroxyl groups excluding tert-OH is 1. The van der Waals surface area contributed by atoms with Crippen molar-refractivity contribution in [1.29, 1.82) is 0 Å². The molecular formula is C13H8Br2F2O. The molecule has 94 valence electrons. The van der Waals surface area contributed by atoms with E-state index < -0.39 is 17.7 Å². The highest BCUT2D eigenvalue weighted by molar-refractivity contribution is 9.10. The third kappa shape index (κ3) is 2.79. The maximum atomic E-state index is 13.2. The van der Waals surface area contributed by atoms with Crippen molar-refractivity contribution in [3.63, 3.8) is 0 Å². The van der Waals surface area contributed by atoms with Gasteiger partial charge >= 0.3 is 0 Å². The van der Waals surface area contributed by atoms with Crippen molar-refractivity contribution in [3.8, 4) is 0 Å². The van der Waals surface area contributed by atoms with Gasteiger partial charge in [-0.05, 0) is 51.8 Å². The Bertz CT molecular complexity index is 587. The fourth-order valence-electron chi connectivity index (χ4n) is 1.59. The zero-order valence-corrected chi connectivity index (χ0v) is 12.2. The summed E-state index contributed by atoms with van der Waals surface area (Å²) in [5.41, 5.74) is 0.878. The van der Waals surface area contributed by atoms with Gasteiger partial charge in [-0.3, -0.25) is 0 Å². The molecule has 1 nitrogen and oxygen atoms in total. The van der Waals surface area contributed by atoms with Crippen LogP contribution >= 0.6 is 31.9 Å². The molecule has 0 aromatic heterocycles. The van der Waals surface area contributed by atoms with E-state index >= 15 is 0 Å². The molecule has 0 bridgehead atoms. The normalized spacial score (nSPS) is 12.5. The second-order valence-corrected chi connectivity index (χ2v) is 5.45. The lowest BCUT2D eigenvalue weighted by Gasteiger charge is -2.14. The maximum Gasteiger partial charge on any atom is 0.137 e. The van der Waals surface area contributed by atoms with Crippen molar-refractivity contribution in [1.82, 2.24) is 0 Å². The van der Waals surface area contributed by atoms with Crippen LogP contribution in [0.15, 0.2) is 45.3 Å². The van der Waals surface area contributed by atoms with Crippen molar-refractivity contribution < 1.29 is 13.9 Å². The molecule has 5 heteroatoms. The van der Waals surface area contributed by atoms with Gasteiger partial charge in [0, 0.05) is 10.0 Å². The van der Waals surface area contributed by atoms with Crippen LogP contribution in [0.4, 0.5) is 8.78 Å². The van der Waals surface area contributed by atoms with Gasteiger partial charge in [0.1, 0.15) is 17.7 Å². The lowest BCUT2D eigenvalue weighted by Crippen LogP contribution is -2.01. The van der Waals surface area contributed by atoms with E-state index in [1.165, 1.54) is 36.4 Å². The summed E-state index contributed by atoms with van der Waals surface area (Å²) in [7, 11) is 0. The summed E-state index contributed by atoms with van der Waals surface area (Å²) in [6.07, 6.45) is -1.02. The van der Waals surface area contributed by atoms with Crippen LogP contribution in [-0.4, -0.2) is 5.11 Å². The van der Waals surface area contributed by atoms with Crippen LogP contribution in [0.5, 0.6) is 0 Å². The summed E-state index contributed by atoms with van der Waals surface area (Å²) in [5, 5.41) is 10.2. The highest BCUT2D eigenvalue weighted by atomic mass is 79.9. The highest BCUT2D eigenvalue weighted by Crippen LogP contribution is 2.31. The first-order chi connectivity index (χ1) is 8.49. The molecule has 1 unspecified atom stereocenters. The highest BCUT2D eigenvalue weighted by Gasteiger charge is 2.15. The average Bonchev–Trinajstić information content (AvgIpc) is 2.35. The second kappa shape index (κ2) is 5.47. The third-order valence-electron chi connectivity index (χ3n) is 2.51. The van der Waals surface area contributed by atoms with Crippen molar-refractivity contribution in [2.45, 2.75) is 6.10 Å². The van der Waals surface area contributed by atoms with Gasteiger partial charge in [-0.15, -0.1) is 0 Å².